The molecule has 1 amide bonds. The van der Waals surface area contributed by atoms with Crippen molar-refractivity contribution in [3.05, 3.63) is 58.6 Å². The normalized spacial score (nSPS) is 17.3. The van der Waals surface area contributed by atoms with Crippen LogP contribution < -0.4 is 0 Å². The van der Waals surface area contributed by atoms with E-state index in [1.807, 2.05) is 47.4 Å². The molecular weight excluding hydrogens is 372 g/mol. The van der Waals surface area contributed by atoms with Gasteiger partial charge in [0.1, 0.15) is 5.01 Å². The van der Waals surface area contributed by atoms with Gasteiger partial charge in [-0.25, -0.2) is 4.98 Å². The third kappa shape index (κ3) is 3.54. The van der Waals surface area contributed by atoms with Gasteiger partial charge in [0.15, 0.2) is 0 Å². The summed E-state index contributed by atoms with van der Waals surface area (Å²) in [7, 11) is 0. The molecule has 0 aliphatic carbocycles. The third-order valence-electron chi connectivity index (χ3n) is 4.36. The van der Waals surface area contributed by atoms with Crippen molar-refractivity contribution < 1.29 is 4.79 Å². The molecule has 25 heavy (non-hydrogen) atoms. The smallest absolute Gasteiger partial charge is 0.233 e. The third-order valence-corrected chi connectivity index (χ3v) is 6.99. The highest BCUT2D eigenvalue weighted by Gasteiger charge is 2.32. The number of halogens is 1. The Morgan fingerprint density at radius 1 is 1.24 bits per heavy atom. The number of benzene rings is 2. The number of nitrogens with zero attached hydrogens (tertiary/aromatic N) is 2. The van der Waals surface area contributed by atoms with Crippen LogP contribution in [0.5, 0.6) is 0 Å². The quantitative estimate of drug-likeness (QED) is 0.560. The van der Waals surface area contributed by atoms with E-state index in [0.29, 0.717) is 10.8 Å². The Bertz CT molecular complexity index is 878. The summed E-state index contributed by atoms with van der Waals surface area (Å²) >= 11 is 9.39. The highest BCUT2D eigenvalue weighted by atomic mass is 35.5. The van der Waals surface area contributed by atoms with Crippen molar-refractivity contribution >= 4 is 50.8 Å². The van der Waals surface area contributed by atoms with Gasteiger partial charge < -0.3 is 4.90 Å². The predicted octanol–water partition coefficient (Wildman–Crippen LogP) is 5.41. The number of para-hydroxylation sites is 1. The maximum absolute atomic E-state index is 12.8. The van der Waals surface area contributed by atoms with Gasteiger partial charge in [0, 0.05) is 11.4 Å². The number of hydrogen-bond acceptors (Lipinski definition) is 4. The molecule has 6 heteroatoms. The van der Waals surface area contributed by atoms with Gasteiger partial charge >= 0.3 is 0 Å². The highest BCUT2D eigenvalue weighted by molar-refractivity contribution is 8.00. The van der Waals surface area contributed by atoms with Crippen LogP contribution in [0.15, 0.2) is 53.4 Å². The van der Waals surface area contributed by atoms with Crippen LogP contribution in [0.1, 0.15) is 23.9 Å². The second-order valence-electron chi connectivity index (χ2n) is 5.98. The lowest BCUT2D eigenvalue weighted by atomic mass is 10.2. The topological polar surface area (TPSA) is 33.2 Å². The largest absolute Gasteiger partial charge is 0.332 e. The van der Waals surface area contributed by atoms with Gasteiger partial charge in [0.2, 0.25) is 5.91 Å². The van der Waals surface area contributed by atoms with Crippen molar-refractivity contribution in [1.29, 1.82) is 0 Å². The number of thioether (sulfide) groups is 1. The number of aromatic nitrogens is 1. The van der Waals surface area contributed by atoms with E-state index < -0.39 is 0 Å². The molecule has 0 saturated carbocycles. The van der Waals surface area contributed by atoms with E-state index in [9.17, 15) is 4.79 Å². The Balaban J connectivity index is 1.49. The first-order chi connectivity index (χ1) is 12.2. The Hall–Kier alpha value is -1.56. The van der Waals surface area contributed by atoms with E-state index in [4.69, 9.17) is 16.6 Å². The molecule has 2 aromatic carbocycles. The second-order valence-corrected chi connectivity index (χ2v) is 8.47. The molecule has 1 unspecified atom stereocenters. The molecule has 1 aromatic heterocycles. The molecule has 1 atom stereocenters. The van der Waals surface area contributed by atoms with E-state index in [0.717, 1.165) is 34.8 Å². The van der Waals surface area contributed by atoms with E-state index in [-0.39, 0.29) is 11.9 Å². The molecule has 3 nitrogen and oxygen atoms in total. The number of fused-ring (bicyclic) bond motifs is 1. The molecule has 128 valence electrons. The lowest BCUT2D eigenvalue weighted by molar-refractivity contribution is -0.129. The van der Waals surface area contributed by atoms with Gasteiger partial charge in [0.05, 0.1) is 27.0 Å². The minimum atomic E-state index is 0.108. The van der Waals surface area contributed by atoms with Crippen LogP contribution in [0.25, 0.3) is 10.2 Å². The molecule has 1 aliphatic heterocycles. The monoisotopic (exact) mass is 388 g/mol. The molecule has 1 fully saturated rings. The summed E-state index contributed by atoms with van der Waals surface area (Å²) in [5, 5.41) is 1.75. The summed E-state index contributed by atoms with van der Waals surface area (Å²) in [4.78, 5) is 20.5. The average molecular weight is 389 g/mol. The zero-order valence-corrected chi connectivity index (χ0v) is 15.9. The van der Waals surface area contributed by atoms with Crippen molar-refractivity contribution in [2.45, 2.75) is 23.8 Å². The number of carbonyl (C=O) groups is 1. The van der Waals surface area contributed by atoms with Gasteiger partial charge in [-0.3, -0.25) is 4.79 Å². The van der Waals surface area contributed by atoms with E-state index in [2.05, 4.69) is 6.07 Å². The van der Waals surface area contributed by atoms with Gasteiger partial charge in [0.25, 0.3) is 0 Å². The molecular formula is C19H17ClN2OS2. The Morgan fingerprint density at radius 3 is 2.88 bits per heavy atom. The van der Waals surface area contributed by atoms with Crippen molar-refractivity contribution in [2.24, 2.45) is 0 Å². The Morgan fingerprint density at radius 2 is 2.04 bits per heavy atom. The van der Waals surface area contributed by atoms with Crippen molar-refractivity contribution in [3.63, 3.8) is 0 Å². The SMILES string of the molecule is O=C(CSc1ccccc1Cl)N1CCCC1c1nc2ccccc2s1. The number of rotatable bonds is 4. The van der Waals surface area contributed by atoms with Crippen molar-refractivity contribution in [3.8, 4) is 0 Å². The van der Waals surface area contributed by atoms with E-state index in [1.165, 1.54) is 16.5 Å². The van der Waals surface area contributed by atoms with Gasteiger partial charge in [-0.05, 0) is 37.1 Å². The molecule has 0 N–H and O–H groups in total. The fraction of sp³-hybridized carbons (Fsp3) is 0.263. The fourth-order valence-corrected chi connectivity index (χ4v) is 5.38. The lowest BCUT2D eigenvalue weighted by Gasteiger charge is -2.23. The second kappa shape index (κ2) is 7.36. The molecule has 4 rings (SSSR count). The summed E-state index contributed by atoms with van der Waals surface area (Å²) in [6.45, 7) is 0.808. The number of likely N-dealkylation sites (tertiary alicyclic amines) is 1. The maximum Gasteiger partial charge on any atom is 0.233 e. The first-order valence-electron chi connectivity index (χ1n) is 8.24. The highest BCUT2D eigenvalue weighted by Crippen LogP contribution is 2.37. The number of hydrogen-bond donors (Lipinski definition) is 0. The maximum atomic E-state index is 12.8. The minimum Gasteiger partial charge on any atom is -0.332 e. The van der Waals surface area contributed by atoms with Crippen LogP contribution in [-0.2, 0) is 4.79 Å². The number of amides is 1. The molecule has 0 bridgehead atoms. The van der Waals surface area contributed by atoms with Crippen LogP contribution in [0.3, 0.4) is 0 Å². The summed E-state index contributed by atoms with van der Waals surface area (Å²) in [5.74, 6) is 0.567. The Kier molecular flexibility index (Phi) is 4.97. The van der Waals surface area contributed by atoms with Gasteiger partial charge in [-0.2, -0.15) is 0 Å². The van der Waals surface area contributed by atoms with Gasteiger partial charge in [-0.1, -0.05) is 35.9 Å². The molecule has 1 aliphatic rings. The summed E-state index contributed by atoms with van der Waals surface area (Å²) in [6, 6.07) is 15.9. The molecule has 0 radical (unpaired) electrons. The van der Waals surface area contributed by atoms with Crippen molar-refractivity contribution in [2.75, 3.05) is 12.3 Å². The molecule has 0 spiro atoms. The average Bonchev–Trinajstić information content (AvgIpc) is 3.27. The van der Waals surface area contributed by atoms with Crippen LogP contribution in [0, 0.1) is 0 Å². The standard InChI is InChI=1S/C19H17ClN2OS2/c20-13-6-1-3-9-16(13)24-12-18(23)22-11-5-8-15(22)19-21-14-7-2-4-10-17(14)25-19/h1-4,6-7,9-10,15H,5,8,11-12H2. The first kappa shape index (κ1) is 16.9. The van der Waals surface area contributed by atoms with E-state index in [1.54, 1.807) is 11.3 Å². The number of thiazole rings is 1. The zero-order valence-electron chi connectivity index (χ0n) is 13.5. The molecule has 1 saturated heterocycles. The summed E-state index contributed by atoms with van der Waals surface area (Å²) < 4.78 is 1.18. The van der Waals surface area contributed by atoms with Crippen LogP contribution in [0.2, 0.25) is 5.02 Å². The number of carbonyl (C=O) groups excluding carboxylic acids is 1. The van der Waals surface area contributed by atoms with Crippen LogP contribution in [-0.4, -0.2) is 28.1 Å². The zero-order chi connectivity index (χ0) is 17.2. The summed E-state index contributed by atoms with van der Waals surface area (Å²) in [6.07, 6.45) is 2.02. The first-order valence-corrected chi connectivity index (χ1v) is 10.4. The minimum absolute atomic E-state index is 0.108. The lowest BCUT2D eigenvalue weighted by Crippen LogP contribution is -2.31. The predicted molar refractivity (Wildman–Crippen MR) is 105 cm³/mol. The van der Waals surface area contributed by atoms with Crippen LogP contribution in [0.4, 0.5) is 0 Å². The van der Waals surface area contributed by atoms with E-state index >= 15 is 0 Å². The summed E-state index contributed by atoms with van der Waals surface area (Å²) in [5.41, 5.74) is 1.02. The van der Waals surface area contributed by atoms with Crippen LogP contribution >= 0.6 is 34.7 Å². The van der Waals surface area contributed by atoms with Gasteiger partial charge in [-0.15, -0.1) is 23.1 Å². The van der Waals surface area contributed by atoms with Crippen molar-refractivity contribution in [1.82, 2.24) is 9.88 Å². The molecule has 2 heterocycles. The fourth-order valence-electron chi connectivity index (χ4n) is 3.14. The Labute approximate surface area is 160 Å². The molecule has 3 aromatic rings.